The van der Waals surface area contributed by atoms with E-state index in [1.54, 1.807) is 41.2 Å². The minimum atomic E-state index is -0.323. The van der Waals surface area contributed by atoms with E-state index in [2.05, 4.69) is 15.4 Å². The molecule has 0 radical (unpaired) electrons. The second kappa shape index (κ2) is 7.76. The van der Waals surface area contributed by atoms with Gasteiger partial charge in [0.15, 0.2) is 12.4 Å². The molecule has 8 heteroatoms. The molecule has 1 amide bonds. The van der Waals surface area contributed by atoms with Crippen LogP contribution in [0.15, 0.2) is 42.6 Å². The Morgan fingerprint density at radius 3 is 2.62 bits per heavy atom. The fraction of sp³-hybridized carbons (Fsp3) is 0.167. The van der Waals surface area contributed by atoms with Crippen LogP contribution in [0.4, 0.5) is 5.69 Å². The number of halogens is 2. The molecule has 0 aliphatic heterocycles. The summed E-state index contributed by atoms with van der Waals surface area (Å²) < 4.78 is 7.14. The number of aromatic nitrogens is 3. The molecular weight excluding hydrogens is 375 g/mol. The molecule has 0 saturated carbocycles. The predicted octanol–water partition coefficient (Wildman–Crippen LogP) is 4.21. The molecule has 0 bridgehead atoms. The molecule has 26 heavy (non-hydrogen) atoms. The molecule has 2 aromatic heterocycles. The van der Waals surface area contributed by atoms with Crippen molar-refractivity contribution in [2.75, 3.05) is 11.9 Å². The van der Waals surface area contributed by atoms with E-state index in [1.807, 2.05) is 19.9 Å². The van der Waals surface area contributed by atoms with Gasteiger partial charge in [-0.05, 0) is 50.2 Å². The summed E-state index contributed by atoms with van der Waals surface area (Å²) >= 11 is 11.8. The first-order valence-corrected chi connectivity index (χ1v) is 8.55. The molecule has 1 aromatic carbocycles. The first-order chi connectivity index (χ1) is 12.4. The molecule has 3 rings (SSSR count). The third-order valence-corrected chi connectivity index (χ3v) is 4.04. The van der Waals surface area contributed by atoms with Gasteiger partial charge in [0, 0.05) is 10.7 Å². The van der Waals surface area contributed by atoms with Crippen LogP contribution in [0.3, 0.4) is 0 Å². The van der Waals surface area contributed by atoms with Crippen LogP contribution >= 0.6 is 23.2 Å². The van der Waals surface area contributed by atoms with E-state index in [-0.39, 0.29) is 12.5 Å². The third-order valence-electron chi connectivity index (χ3n) is 3.51. The van der Waals surface area contributed by atoms with Crippen LogP contribution in [0, 0.1) is 13.8 Å². The number of ether oxygens (including phenoxy) is 1. The SMILES string of the molecule is Cc1cc(C)n(-c2ccc(NC(=O)COc3ccc(Cl)cc3Cl)cn2)n1. The van der Waals surface area contributed by atoms with Crippen molar-refractivity contribution in [3.63, 3.8) is 0 Å². The highest BCUT2D eigenvalue weighted by atomic mass is 35.5. The van der Waals surface area contributed by atoms with Gasteiger partial charge >= 0.3 is 0 Å². The molecule has 0 atom stereocenters. The number of nitrogens with zero attached hydrogens (tertiary/aromatic N) is 3. The molecule has 0 aliphatic carbocycles. The van der Waals surface area contributed by atoms with E-state index in [0.29, 0.717) is 27.3 Å². The minimum Gasteiger partial charge on any atom is -0.482 e. The molecule has 0 unspecified atom stereocenters. The van der Waals surface area contributed by atoms with Crippen LogP contribution in [0.1, 0.15) is 11.4 Å². The zero-order chi connectivity index (χ0) is 18.7. The predicted molar refractivity (Wildman–Crippen MR) is 101 cm³/mol. The Hall–Kier alpha value is -2.57. The maximum Gasteiger partial charge on any atom is 0.262 e. The topological polar surface area (TPSA) is 69.0 Å². The van der Waals surface area contributed by atoms with Crippen LogP contribution in [-0.2, 0) is 4.79 Å². The molecule has 0 fully saturated rings. The van der Waals surface area contributed by atoms with Gasteiger partial charge in [-0.2, -0.15) is 5.10 Å². The lowest BCUT2D eigenvalue weighted by atomic mass is 10.3. The Balaban J connectivity index is 1.60. The zero-order valence-electron chi connectivity index (χ0n) is 14.2. The number of benzene rings is 1. The maximum absolute atomic E-state index is 12.0. The molecule has 134 valence electrons. The van der Waals surface area contributed by atoms with Gasteiger partial charge in [0.2, 0.25) is 0 Å². The number of anilines is 1. The van der Waals surface area contributed by atoms with E-state index in [4.69, 9.17) is 27.9 Å². The van der Waals surface area contributed by atoms with Crippen LogP contribution in [0.2, 0.25) is 10.0 Å². The number of hydrogen-bond donors (Lipinski definition) is 1. The molecular formula is C18H16Cl2N4O2. The van der Waals surface area contributed by atoms with E-state index in [9.17, 15) is 4.79 Å². The summed E-state index contributed by atoms with van der Waals surface area (Å²) in [5.41, 5.74) is 2.46. The van der Waals surface area contributed by atoms with Gasteiger partial charge in [-0.3, -0.25) is 4.79 Å². The minimum absolute atomic E-state index is 0.180. The van der Waals surface area contributed by atoms with Gasteiger partial charge in [0.25, 0.3) is 5.91 Å². The van der Waals surface area contributed by atoms with Crippen molar-refractivity contribution in [2.45, 2.75) is 13.8 Å². The highest BCUT2D eigenvalue weighted by Crippen LogP contribution is 2.27. The van der Waals surface area contributed by atoms with E-state index >= 15 is 0 Å². The lowest BCUT2D eigenvalue weighted by Crippen LogP contribution is -2.20. The zero-order valence-corrected chi connectivity index (χ0v) is 15.7. The monoisotopic (exact) mass is 390 g/mol. The first-order valence-electron chi connectivity index (χ1n) is 7.80. The van der Waals surface area contributed by atoms with Crippen molar-refractivity contribution in [1.82, 2.24) is 14.8 Å². The summed E-state index contributed by atoms with van der Waals surface area (Å²) in [6.07, 6.45) is 1.57. The number of pyridine rings is 1. The summed E-state index contributed by atoms with van der Waals surface area (Å²) in [4.78, 5) is 16.4. The fourth-order valence-corrected chi connectivity index (χ4v) is 2.84. The third kappa shape index (κ3) is 4.33. The van der Waals surface area contributed by atoms with E-state index in [0.717, 1.165) is 11.4 Å². The summed E-state index contributed by atoms with van der Waals surface area (Å²) in [7, 11) is 0. The fourth-order valence-electron chi connectivity index (χ4n) is 2.38. The quantitative estimate of drug-likeness (QED) is 0.708. The summed E-state index contributed by atoms with van der Waals surface area (Å²) in [6.45, 7) is 3.70. The Bertz CT molecular complexity index is 939. The number of amides is 1. The molecule has 6 nitrogen and oxygen atoms in total. The van der Waals surface area contributed by atoms with Crippen molar-refractivity contribution >= 4 is 34.8 Å². The number of hydrogen-bond acceptors (Lipinski definition) is 4. The number of nitrogens with one attached hydrogen (secondary N) is 1. The number of carbonyl (C=O) groups excluding carboxylic acids is 1. The summed E-state index contributed by atoms with van der Waals surface area (Å²) in [6, 6.07) is 10.3. The Morgan fingerprint density at radius 1 is 1.19 bits per heavy atom. The molecule has 0 spiro atoms. The van der Waals surface area contributed by atoms with Gasteiger partial charge in [-0.15, -0.1) is 0 Å². The average Bonchev–Trinajstić information content (AvgIpc) is 2.93. The Kier molecular flexibility index (Phi) is 5.44. The molecule has 1 N–H and O–H groups in total. The molecule has 2 heterocycles. The smallest absolute Gasteiger partial charge is 0.262 e. The van der Waals surface area contributed by atoms with Crippen LogP contribution in [0.25, 0.3) is 5.82 Å². The van der Waals surface area contributed by atoms with Gasteiger partial charge in [-0.1, -0.05) is 23.2 Å². The average molecular weight is 391 g/mol. The van der Waals surface area contributed by atoms with E-state index < -0.39 is 0 Å². The van der Waals surface area contributed by atoms with Gasteiger partial charge in [-0.25, -0.2) is 9.67 Å². The number of rotatable bonds is 5. The highest BCUT2D eigenvalue weighted by Gasteiger charge is 2.09. The van der Waals surface area contributed by atoms with Crippen LogP contribution in [0.5, 0.6) is 5.75 Å². The number of aryl methyl sites for hydroxylation is 2. The van der Waals surface area contributed by atoms with Crippen molar-refractivity contribution < 1.29 is 9.53 Å². The largest absolute Gasteiger partial charge is 0.482 e. The second-order valence-corrected chi connectivity index (χ2v) is 6.50. The lowest BCUT2D eigenvalue weighted by Gasteiger charge is -2.09. The molecule has 0 aliphatic rings. The Morgan fingerprint density at radius 2 is 2.00 bits per heavy atom. The Labute approximate surface area is 160 Å². The first kappa shape index (κ1) is 18.2. The molecule has 3 aromatic rings. The highest BCUT2D eigenvalue weighted by molar-refractivity contribution is 6.35. The normalized spacial score (nSPS) is 10.6. The molecule has 0 saturated heterocycles. The summed E-state index contributed by atoms with van der Waals surface area (Å²) in [5, 5.41) is 7.94. The standard InChI is InChI=1S/C18H16Cl2N4O2/c1-11-7-12(2)24(23-11)17-6-4-14(9-21-17)22-18(25)10-26-16-5-3-13(19)8-15(16)20/h3-9H,10H2,1-2H3,(H,22,25). The van der Waals surface area contributed by atoms with Gasteiger partial charge in [0.05, 0.1) is 22.6 Å². The second-order valence-electron chi connectivity index (χ2n) is 5.66. The van der Waals surface area contributed by atoms with E-state index in [1.165, 1.54) is 0 Å². The van der Waals surface area contributed by atoms with Crippen molar-refractivity contribution in [1.29, 1.82) is 0 Å². The van der Waals surface area contributed by atoms with Crippen LogP contribution in [-0.4, -0.2) is 27.3 Å². The van der Waals surface area contributed by atoms with Gasteiger partial charge in [0.1, 0.15) is 5.75 Å². The van der Waals surface area contributed by atoms with Crippen molar-refractivity contribution in [2.24, 2.45) is 0 Å². The maximum atomic E-state index is 12.0. The van der Waals surface area contributed by atoms with Gasteiger partial charge < -0.3 is 10.1 Å². The number of carbonyl (C=O) groups is 1. The van der Waals surface area contributed by atoms with Crippen LogP contribution < -0.4 is 10.1 Å². The van der Waals surface area contributed by atoms with Crippen molar-refractivity contribution in [3.8, 4) is 11.6 Å². The van der Waals surface area contributed by atoms with Crippen molar-refractivity contribution in [3.05, 3.63) is 64.0 Å². The lowest BCUT2D eigenvalue weighted by molar-refractivity contribution is -0.118. The summed E-state index contributed by atoms with van der Waals surface area (Å²) in [5.74, 6) is 0.749.